The van der Waals surface area contributed by atoms with E-state index in [9.17, 15) is 13.2 Å². The molecule has 0 aliphatic heterocycles. The van der Waals surface area contributed by atoms with E-state index in [1.807, 2.05) is 6.07 Å². The van der Waals surface area contributed by atoms with E-state index in [1.54, 1.807) is 24.3 Å². The molecule has 0 aliphatic carbocycles. The molecule has 8 heteroatoms. The lowest BCUT2D eigenvalue weighted by Crippen LogP contribution is -2.31. The van der Waals surface area contributed by atoms with Crippen LogP contribution in [0.2, 0.25) is 5.02 Å². The van der Waals surface area contributed by atoms with Crippen LogP contribution in [0.5, 0.6) is 0 Å². The predicted molar refractivity (Wildman–Crippen MR) is 102 cm³/mol. The topological polar surface area (TPSA) is 87.5 Å². The molecular formula is C19H17ClN2O4S. The molecular weight excluding hydrogens is 388 g/mol. The zero-order valence-corrected chi connectivity index (χ0v) is 16.1. The van der Waals surface area contributed by atoms with Gasteiger partial charge in [0.1, 0.15) is 4.90 Å². The Kier molecular flexibility index (Phi) is 6.75. The first kappa shape index (κ1) is 20.6. The van der Waals surface area contributed by atoms with Gasteiger partial charge in [0.2, 0.25) is 10.0 Å². The Morgan fingerprint density at radius 3 is 2.67 bits per heavy atom. The fourth-order valence-electron chi connectivity index (χ4n) is 2.43. The van der Waals surface area contributed by atoms with Gasteiger partial charge < -0.3 is 4.74 Å². The molecule has 6 nitrogen and oxygen atoms in total. The lowest BCUT2D eigenvalue weighted by Gasteiger charge is -2.21. The fraction of sp³-hybridized carbons (Fsp3) is 0.158. The van der Waals surface area contributed by atoms with E-state index in [0.717, 1.165) is 0 Å². The molecule has 0 atom stereocenters. The molecule has 0 aromatic heterocycles. The van der Waals surface area contributed by atoms with Crippen LogP contribution in [0.3, 0.4) is 0 Å². The normalized spacial score (nSPS) is 11.0. The van der Waals surface area contributed by atoms with Gasteiger partial charge in [-0.1, -0.05) is 29.8 Å². The molecule has 0 saturated heterocycles. The van der Waals surface area contributed by atoms with Crippen molar-refractivity contribution in [3.8, 4) is 6.07 Å². The first-order valence-corrected chi connectivity index (χ1v) is 9.63. The van der Waals surface area contributed by atoms with Gasteiger partial charge in [-0.2, -0.15) is 9.57 Å². The molecule has 27 heavy (non-hydrogen) atoms. The number of benzene rings is 2. The van der Waals surface area contributed by atoms with Crippen molar-refractivity contribution in [3.63, 3.8) is 0 Å². The van der Waals surface area contributed by atoms with Crippen molar-refractivity contribution in [2.24, 2.45) is 0 Å². The minimum Gasteiger partial charge on any atom is -0.465 e. The van der Waals surface area contributed by atoms with E-state index < -0.39 is 16.0 Å². The second-order valence-corrected chi connectivity index (χ2v) is 7.85. The van der Waals surface area contributed by atoms with Gasteiger partial charge in [-0.25, -0.2) is 13.2 Å². The van der Waals surface area contributed by atoms with Crippen LogP contribution in [0.4, 0.5) is 0 Å². The van der Waals surface area contributed by atoms with E-state index in [1.165, 1.54) is 35.7 Å². The van der Waals surface area contributed by atoms with Crippen molar-refractivity contribution in [2.75, 3.05) is 13.7 Å². The zero-order valence-electron chi connectivity index (χ0n) is 14.6. The third-order valence-corrected chi connectivity index (χ3v) is 6.01. The van der Waals surface area contributed by atoms with E-state index in [0.29, 0.717) is 11.1 Å². The summed E-state index contributed by atoms with van der Waals surface area (Å²) in [7, 11) is -2.74. The summed E-state index contributed by atoms with van der Waals surface area (Å²) in [6.45, 7) is 3.69. The van der Waals surface area contributed by atoms with Crippen LogP contribution in [-0.4, -0.2) is 32.3 Å². The number of nitriles is 1. The number of ether oxygens (including phenoxy) is 1. The maximum Gasteiger partial charge on any atom is 0.337 e. The lowest BCUT2D eigenvalue weighted by atomic mass is 10.1. The van der Waals surface area contributed by atoms with Gasteiger partial charge >= 0.3 is 5.97 Å². The minimum atomic E-state index is -3.97. The van der Waals surface area contributed by atoms with Crippen molar-refractivity contribution in [1.29, 1.82) is 5.26 Å². The number of nitrogens with zero attached hydrogens (tertiary/aromatic N) is 2. The highest BCUT2D eigenvalue weighted by molar-refractivity contribution is 7.89. The molecule has 0 aliphatic rings. The molecule has 0 fully saturated rings. The maximum atomic E-state index is 13.1. The molecule has 0 bridgehead atoms. The van der Waals surface area contributed by atoms with Crippen LogP contribution in [0.1, 0.15) is 21.5 Å². The van der Waals surface area contributed by atoms with Gasteiger partial charge in [-0.15, -0.1) is 6.58 Å². The number of carbonyl (C=O) groups excluding carboxylic acids is 1. The number of hydrogen-bond donors (Lipinski definition) is 0. The zero-order chi connectivity index (χ0) is 20.0. The summed E-state index contributed by atoms with van der Waals surface area (Å²) in [5.41, 5.74) is 1.24. The van der Waals surface area contributed by atoms with Gasteiger partial charge in [0, 0.05) is 13.1 Å². The second kappa shape index (κ2) is 8.82. The number of halogens is 1. The Balaban J connectivity index is 2.42. The number of methoxy groups -OCH3 is 1. The Labute approximate surface area is 163 Å². The van der Waals surface area contributed by atoms with Crippen molar-refractivity contribution in [1.82, 2.24) is 4.31 Å². The van der Waals surface area contributed by atoms with Crippen LogP contribution in [0.25, 0.3) is 0 Å². The van der Waals surface area contributed by atoms with Gasteiger partial charge in [0.15, 0.2) is 0 Å². The van der Waals surface area contributed by atoms with Crippen LogP contribution in [0, 0.1) is 11.3 Å². The molecule has 2 aromatic rings. The van der Waals surface area contributed by atoms with Crippen molar-refractivity contribution < 1.29 is 17.9 Å². The van der Waals surface area contributed by atoms with Crippen LogP contribution < -0.4 is 0 Å². The van der Waals surface area contributed by atoms with Crippen LogP contribution >= 0.6 is 11.6 Å². The van der Waals surface area contributed by atoms with Gasteiger partial charge in [0.05, 0.1) is 29.3 Å². The summed E-state index contributed by atoms with van der Waals surface area (Å²) in [4.78, 5) is 11.5. The Morgan fingerprint density at radius 1 is 1.33 bits per heavy atom. The summed E-state index contributed by atoms with van der Waals surface area (Å²) < 4.78 is 31.9. The van der Waals surface area contributed by atoms with Gasteiger partial charge in [-0.3, -0.25) is 0 Å². The highest BCUT2D eigenvalue weighted by Gasteiger charge is 2.27. The minimum absolute atomic E-state index is 0.0406. The molecule has 0 unspecified atom stereocenters. The molecule has 0 spiro atoms. The molecule has 0 heterocycles. The average Bonchev–Trinajstić information content (AvgIpc) is 2.66. The highest BCUT2D eigenvalue weighted by Crippen LogP contribution is 2.27. The van der Waals surface area contributed by atoms with Crippen molar-refractivity contribution in [2.45, 2.75) is 11.4 Å². The molecule has 0 saturated carbocycles. The number of sulfonamides is 1. The number of hydrogen-bond acceptors (Lipinski definition) is 5. The largest absolute Gasteiger partial charge is 0.465 e. The van der Waals surface area contributed by atoms with Crippen LogP contribution in [-0.2, 0) is 21.3 Å². The predicted octanol–water partition coefficient (Wildman–Crippen LogP) is 3.38. The number of carbonyl (C=O) groups is 1. The van der Waals surface area contributed by atoms with Gasteiger partial charge in [-0.05, 0) is 35.9 Å². The molecule has 0 amide bonds. The summed E-state index contributed by atoms with van der Waals surface area (Å²) in [6, 6.07) is 12.6. The van der Waals surface area contributed by atoms with Crippen LogP contribution in [0.15, 0.2) is 60.0 Å². The first-order valence-electron chi connectivity index (χ1n) is 7.81. The molecule has 2 rings (SSSR count). The summed E-state index contributed by atoms with van der Waals surface area (Å²) in [6.07, 6.45) is 1.46. The highest BCUT2D eigenvalue weighted by atomic mass is 35.5. The summed E-state index contributed by atoms with van der Waals surface area (Å²) >= 11 is 6.13. The second-order valence-electron chi connectivity index (χ2n) is 5.54. The quantitative estimate of drug-likeness (QED) is 0.521. The number of esters is 1. The van der Waals surface area contributed by atoms with E-state index >= 15 is 0 Å². The smallest absolute Gasteiger partial charge is 0.337 e. The third-order valence-electron chi connectivity index (χ3n) is 3.72. The van der Waals surface area contributed by atoms with Gasteiger partial charge in [0.25, 0.3) is 0 Å². The van der Waals surface area contributed by atoms with E-state index in [-0.39, 0.29) is 28.6 Å². The van der Waals surface area contributed by atoms with Crippen molar-refractivity contribution in [3.05, 3.63) is 76.8 Å². The van der Waals surface area contributed by atoms with E-state index in [4.69, 9.17) is 16.9 Å². The molecule has 2 aromatic carbocycles. The Bertz CT molecular complexity index is 1010. The number of rotatable bonds is 7. The standard InChI is InChI=1S/C19H17ClN2O4S/c1-3-9-22(13-15-6-4-5-14(10-15)12-21)27(24,25)18-8-7-16(11-17(18)20)19(23)26-2/h3-8,10-11H,1,9,13H2,2H3. The monoisotopic (exact) mass is 404 g/mol. The maximum absolute atomic E-state index is 13.1. The summed E-state index contributed by atoms with van der Waals surface area (Å²) in [5.74, 6) is -0.614. The Morgan fingerprint density at radius 2 is 2.07 bits per heavy atom. The molecule has 140 valence electrons. The molecule has 0 N–H and O–H groups in total. The van der Waals surface area contributed by atoms with E-state index in [2.05, 4.69) is 11.3 Å². The molecule has 0 radical (unpaired) electrons. The third kappa shape index (κ3) is 4.74. The van der Waals surface area contributed by atoms with Crippen molar-refractivity contribution >= 4 is 27.6 Å². The average molecular weight is 405 g/mol. The Hall–Kier alpha value is -2.66. The lowest BCUT2D eigenvalue weighted by molar-refractivity contribution is 0.0600. The fourth-order valence-corrected chi connectivity index (χ4v) is 4.35. The SMILES string of the molecule is C=CCN(Cc1cccc(C#N)c1)S(=O)(=O)c1ccc(C(=O)OC)cc1Cl. The first-order chi connectivity index (χ1) is 12.8. The summed E-state index contributed by atoms with van der Waals surface area (Å²) in [5, 5.41) is 8.93.